The second kappa shape index (κ2) is 6.31. The molecule has 4 heteroatoms. The average molecular weight is 280 g/mol. The predicted molar refractivity (Wildman–Crippen MR) is 88.9 cm³/mol. The van der Waals surface area contributed by atoms with Crippen molar-refractivity contribution in [1.29, 1.82) is 0 Å². The first-order valence-electron chi connectivity index (χ1n) is 7.28. The van der Waals surface area contributed by atoms with Gasteiger partial charge in [0.1, 0.15) is 0 Å². The van der Waals surface area contributed by atoms with Crippen molar-refractivity contribution in [2.75, 3.05) is 30.4 Å². The quantitative estimate of drug-likeness (QED) is 0.679. The van der Waals surface area contributed by atoms with Gasteiger partial charge in [-0.05, 0) is 30.7 Å². The molecule has 4 nitrogen and oxygen atoms in total. The van der Waals surface area contributed by atoms with Gasteiger partial charge in [-0.15, -0.1) is 0 Å². The summed E-state index contributed by atoms with van der Waals surface area (Å²) in [6, 6.07) is 18.5. The molecule has 0 bridgehead atoms. The van der Waals surface area contributed by atoms with Crippen molar-refractivity contribution in [3.63, 3.8) is 0 Å². The molecule has 1 aromatic heterocycles. The Balaban J connectivity index is 1.48. The largest absolute Gasteiger partial charge is 0.375 e. The van der Waals surface area contributed by atoms with Gasteiger partial charge in [-0.25, -0.2) is 4.98 Å². The SMILES string of the molecule is CN(CCCNc1nc2ccccc2[nH]1)c1ccccc1. The zero-order chi connectivity index (χ0) is 14.5. The minimum atomic E-state index is 0.846. The lowest BCUT2D eigenvalue weighted by atomic mass is 10.3. The van der Waals surface area contributed by atoms with Crippen molar-refractivity contribution < 1.29 is 0 Å². The zero-order valence-corrected chi connectivity index (χ0v) is 12.2. The van der Waals surface area contributed by atoms with Crippen LogP contribution in [-0.2, 0) is 0 Å². The standard InChI is InChI=1S/C17H20N4/c1-21(14-8-3-2-4-9-14)13-7-12-18-17-19-15-10-5-6-11-16(15)20-17/h2-6,8-11H,7,12-13H2,1H3,(H2,18,19,20). The second-order valence-corrected chi connectivity index (χ2v) is 5.14. The number of hydrogen-bond acceptors (Lipinski definition) is 3. The molecule has 3 aromatic rings. The summed E-state index contributed by atoms with van der Waals surface area (Å²) in [5, 5.41) is 3.35. The molecule has 0 saturated carbocycles. The fourth-order valence-corrected chi connectivity index (χ4v) is 2.37. The average Bonchev–Trinajstić information content (AvgIpc) is 2.95. The number of aromatic nitrogens is 2. The van der Waals surface area contributed by atoms with Crippen LogP contribution in [0.5, 0.6) is 0 Å². The number of H-pyrrole nitrogens is 1. The Hall–Kier alpha value is -2.49. The lowest BCUT2D eigenvalue weighted by Gasteiger charge is -2.19. The molecule has 21 heavy (non-hydrogen) atoms. The van der Waals surface area contributed by atoms with Crippen LogP contribution in [0.25, 0.3) is 11.0 Å². The van der Waals surface area contributed by atoms with E-state index in [0.29, 0.717) is 0 Å². The van der Waals surface area contributed by atoms with Gasteiger partial charge < -0.3 is 15.2 Å². The molecule has 0 radical (unpaired) electrons. The highest BCUT2D eigenvalue weighted by Gasteiger charge is 2.02. The molecule has 2 aromatic carbocycles. The molecule has 0 spiro atoms. The smallest absolute Gasteiger partial charge is 0.201 e. The third-order valence-electron chi connectivity index (χ3n) is 3.55. The number of nitrogens with one attached hydrogen (secondary N) is 2. The predicted octanol–water partition coefficient (Wildman–Crippen LogP) is 3.50. The van der Waals surface area contributed by atoms with E-state index in [1.165, 1.54) is 5.69 Å². The van der Waals surface area contributed by atoms with Crippen molar-refractivity contribution in [2.45, 2.75) is 6.42 Å². The number of fused-ring (bicyclic) bond motifs is 1. The summed E-state index contributed by atoms with van der Waals surface area (Å²) < 4.78 is 0. The molecule has 1 heterocycles. The van der Waals surface area contributed by atoms with Gasteiger partial charge in [0.05, 0.1) is 11.0 Å². The van der Waals surface area contributed by atoms with Crippen molar-refractivity contribution >= 4 is 22.7 Å². The van der Waals surface area contributed by atoms with E-state index >= 15 is 0 Å². The van der Waals surface area contributed by atoms with Gasteiger partial charge in [0.15, 0.2) is 0 Å². The van der Waals surface area contributed by atoms with Crippen LogP contribution in [0.4, 0.5) is 11.6 Å². The third-order valence-corrected chi connectivity index (χ3v) is 3.55. The van der Waals surface area contributed by atoms with Crippen LogP contribution in [0.3, 0.4) is 0 Å². The van der Waals surface area contributed by atoms with Gasteiger partial charge >= 0.3 is 0 Å². The topological polar surface area (TPSA) is 44.0 Å². The summed E-state index contributed by atoms with van der Waals surface area (Å²) in [7, 11) is 2.12. The highest BCUT2D eigenvalue weighted by atomic mass is 15.1. The van der Waals surface area contributed by atoms with Crippen LogP contribution in [0, 0.1) is 0 Å². The summed E-state index contributed by atoms with van der Waals surface area (Å²) in [6.07, 6.45) is 1.06. The summed E-state index contributed by atoms with van der Waals surface area (Å²) in [5.41, 5.74) is 3.32. The van der Waals surface area contributed by atoms with Crippen LogP contribution in [0.2, 0.25) is 0 Å². The number of imidazole rings is 1. The van der Waals surface area contributed by atoms with Crippen LogP contribution in [0.1, 0.15) is 6.42 Å². The van der Waals surface area contributed by atoms with E-state index in [0.717, 1.165) is 36.5 Å². The maximum absolute atomic E-state index is 4.51. The van der Waals surface area contributed by atoms with Crippen LogP contribution in [-0.4, -0.2) is 30.1 Å². The summed E-state index contributed by atoms with van der Waals surface area (Å²) in [6.45, 7) is 1.91. The first-order valence-corrected chi connectivity index (χ1v) is 7.28. The summed E-state index contributed by atoms with van der Waals surface area (Å²) in [4.78, 5) is 10.1. The Bertz CT molecular complexity index is 657. The molecule has 0 atom stereocenters. The molecule has 108 valence electrons. The zero-order valence-electron chi connectivity index (χ0n) is 12.2. The van der Waals surface area contributed by atoms with E-state index in [2.05, 4.69) is 51.5 Å². The number of nitrogens with zero attached hydrogens (tertiary/aromatic N) is 2. The first-order chi connectivity index (χ1) is 10.3. The van der Waals surface area contributed by atoms with Gasteiger partial charge in [-0.3, -0.25) is 0 Å². The van der Waals surface area contributed by atoms with Crippen LogP contribution < -0.4 is 10.2 Å². The lowest BCUT2D eigenvalue weighted by Crippen LogP contribution is -2.20. The molecular formula is C17H20N4. The number of anilines is 2. The van der Waals surface area contributed by atoms with E-state index in [1.807, 2.05) is 30.3 Å². The third kappa shape index (κ3) is 3.34. The number of rotatable bonds is 6. The molecule has 0 unspecified atom stereocenters. The molecular weight excluding hydrogens is 260 g/mol. The summed E-state index contributed by atoms with van der Waals surface area (Å²) in [5.74, 6) is 0.846. The molecule has 0 aliphatic carbocycles. The van der Waals surface area contributed by atoms with E-state index in [-0.39, 0.29) is 0 Å². The Kier molecular flexibility index (Phi) is 4.05. The molecule has 0 amide bonds. The van der Waals surface area contributed by atoms with Gasteiger partial charge in [0.25, 0.3) is 0 Å². The van der Waals surface area contributed by atoms with Gasteiger partial charge in [0, 0.05) is 25.8 Å². The maximum atomic E-state index is 4.51. The monoisotopic (exact) mass is 280 g/mol. The molecule has 0 aliphatic heterocycles. The highest BCUT2D eigenvalue weighted by Crippen LogP contribution is 2.14. The van der Waals surface area contributed by atoms with Crippen molar-refractivity contribution in [1.82, 2.24) is 9.97 Å². The molecule has 0 saturated heterocycles. The van der Waals surface area contributed by atoms with Crippen molar-refractivity contribution in [3.05, 3.63) is 54.6 Å². The Morgan fingerprint density at radius 1 is 1.05 bits per heavy atom. The van der Waals surface area contributed by atoms with E-state index in [1.54, 1.807) is 0 Å². The van der Waals surface area contributed by atoms with Crippen molar-refractivity contribution in [2.24, 2.45) is 0 Å². The number of benzene rings is 2. The first kappa shape index (κ1) is 13.5. The fourth-order valence-electron chi connectivity index (χ4n) is 2.37. The molecule has 0 fully saturated rings. The number of aromatic amines is 1. The maximum Gasteiger partial charge on any atom is 0.201 e. The van der Waals surface area contributed by atoms with Crippen LogP contribution >= 0.6 is 0 Å². The molecule has 3 rings (SSSR count). The van der Waals surface area contributed by atoms with Gasteiger partial charge in [0.2, 0.25) is 5.95 Å². The highest BCUT2D eigenvalue weighted by molar-refractivity contribution is 5.77. The van der Waals surface area contributed by atoms with E-state index < -0.39 is 0 Å². The summed E-state index contributed by atoms with van der Waals surface area (Å²) >= 11 is 0. The van der Waals surface area contributed by atoms with Crippen LogP contribution in [0.15, 0.2) is 54.6 Å². The van der Waals surface area contributed by atoms with Gasteiger partial charge in [-0.2, -0.15) is 0 Å². The number of para-hydroxylation sites is 3. The Morgan fingerprint density at radius 3 is 2.62 bits per heavy atom. The Morgan fingerprint density at radius 2 is 1.81 bits per heavy atom. The van der Waals surface area contributed by atoms with Crippen molar-refractivity contribution in [3.8, 4) is 0 Å². The minimum Gasteiger partial charge on any atom is -0.375 e. The fraction of sp³-hybridized carbons (Fsp3) is 0.235. The lowest BCUT2D eigenvalue weighted by molar-refractivity contribution is 0.813. The van der Waals surface area contributed by atoms with E-state index in [9.17, 15) is 0 Å². The number of hydrogen-bond donors (Lipinski definition) is 2. The minimum absolute atomic E-state index is 0.846. The van der Waals surface area contributed by atoms with E-state index in [4.69, 9.17) is 0 Å². The Labute approximate surface area is 124 Å². The van der Waals surface area contributed by atoms with Gasteiger partial charge in [-0.1, -0.05) is 30.3 Å². The molecule has 2 N–H and O–H groups in total. The normalized spacial score (nSPS) is 10.7. The second-order valence-electron chi connectivity index (χ2n) is 5.14. The molecule has 0 aliphatic rings.